The highest BCUT2D eigenvalue weighted by Crippen LogP contribution is 2.27. The van der Waals surface area contributed by atoms with E-state index in [9.17, 15) is 4.79 Å². The number of carbonyl (C=O) groups is 1. The molecule has 0 aliphatic heterocycles. The lowest BCUT2D eigenvalue weighted by molar-refractivity contribution is -0.115. The summed E-state index contributed by atoms with van der Waals surface area (Å²) in [6.07, 6.45) is 5.19. The van der Waals surface area contributed by atoms with E-state index in [4.69, 9.17) is 41.2 Å². The van der Waals surface area contributed by atoms with Crippen LogP contribution in [0.1, 0.15) is 5.56 Å². The molecule has 1 aromatic carbocycles. The number of halogens is 3. The Balaban J connectivity index is 2.83. The molecule has 0 unspecified atom stereocenters. The zero-order chi connectivity index (χ0) is 11.5. The number of nitrogens with one attached hydrogen (secondary N) is 1. The molecule has 0 saturated heterocycles. The molecule has 2 nitrogen and oxygen atoms in total. The summed E-state index contributed by atoms with van der Waals surface area (Å²) >= 11 is 16.2. The molecule has 0 bridgehead atoms. The number of benzene rings is 1. The van der Waals surface area contributed by atoms with E-state index >= 15 is 0 Å². The SMILES string of the molecule is C#Cc1cccc(NC(=O)C(Cl)(Cl)Cl)c1. The van der Waals surface area contributed by atoms with Crippen LogP contribution in [0.3, 0.4) is 0 Å². The molecule has 0 heterocycles. The maximum atomic E-state index is 11.3. The Bertz CT molecular complexity index is 417. The molecule has 0 saturated carbocycles. The van der Waals surface area contributed by atoms with Gasteiger partial charge < -0.3 is 5.32 Å². The van der Waals surface area contributed by atoms with Crippen molar-refractivity contribution < 1.29 is 4.79 Å². The minimum atomic E-state index is -1.98. The van der Waals surface area contributed by atoms with Crippen LogP contribution >= 0.6 is 34.8 Å². The lowest BCUT2D eigenvalue weighted by Gasteiger charge is -2.11. The van der Waals surface area contributed by atoms with Crippen molar-refractivity contribution in [2.45, 2.75) is 3.79 Å². The molecule has 1 N–H and O–H groups in total. The summed E-state index contributed by atoms with van der Waals surface area (Å²) < 4.78 is -1.98. The third-order valence-electron chi connectivity index (χ3n) is 1.54. The molecule has 0 aromatic heterocycles. The van der Waals surface area contributed by atoms with Gasteiger partial charge in [0.1, 0.15) is 0 Å². The van der Waals surface area contributed by atoms with Gasteiger partial charge in [-0.1, -0.05) is 46.8 Å². The number of hydrogen-bond donors (Lipinski definition) is 1. The first-order chi connectivity index (χ1) is 6.93. The molecule has 1 rings (SSSR count). The summed E-state index contributed by atoms with van der Waals surface area (Å²) in [7, 11) is 0. The number of carbonyl (C=O) groups excluding carboxylic acids is 1. The van der Waals surface area contributed by atoms with Crippen LogP contribution < -0.4 is 5.32 Å². The van der Waals surface area contributed by atoms with Crippen molar-refractivity contribution in [2.24, 2.45) is 0 Å². The van der Waals surface area contributed by atoms with Crippen LogP contribution in [-0.4, -0.2) is 9.70 Å². The quantitative estimate of drug-likeness (QED) is 0.612. The topological polar surface area (TPSA) is 29.1 Å². The number of anilines is 1. The molecule has 1 amide bonds. The number of rotatable bonds is 1. The van der Waals surface area contributed by atoms with Gasteiger partial charge in [0.15, 0.2) is 0 Å². The molecule has 78 valence electrons. The first kappa shape index (κ1) is 12.2. The maximum absolute atomic E-state index is 11.3. The Labute approximate surface area is 103 Å². The van der Waals surface area contributed by atoms with Gasteiger partial charge in [0.05, 0.1) is 0 Å². The first-order valence-electron chi connectivity index (χ1n) is 3.88. The summed E-state index contributed by atoms with van der Waals surface area (Å²) in [5.41, 5.74) is 1.12. The van der Waals surface area contributed by atoms with Gasteiger partial charge in [0, 0.05) is 11.3 Å². The monoisotopic (exact) mass is 261 g/mol. The fourth-order valence-electron chi connectivity index (χ4n) is 0.889. The summed E-state index contributed by atoms with van der Waals surface area (Å²) in [4.78, 5) is 11.3. The highest BCUT2D eigenvalue weighted by Gasteiger charge is 2.30. The average Bonchev–Trinajstić information content (AvgIpc) is 2.16. The summed E-state index contributed by atoms with van der Waals surface area (Å²) in [6.45, 7) is 0. The molecule has 0 fully saturated rings. The summed E-state index contributed by atoms with van der Waals surface area (Å²) in [5, 5.41) is 2.43. The maximum Gasteiger partial charge on any atom is 0.276 e. The number of terminal acetylenes is 1. The molecular formula is C10H6Cl3NO. The zero-order valence-corrected chi connectivity index (χ0v) is 9.70. The van der Waals surface area contributed by atoms with E-state index in [2.05, 4.69) is 11.2 Å². The molecule has 0 aliphatic carbocycles. The molecule has 0 aliphatic rings. The van der Waals surface area contributed by atoms with Crippen molar-refractivity contribution in [2.75, 3.05) is 5.32 Å². The fraction of sp³-hybridized carbons (Fsp3) is 0.100. The predicted octanol–water partition coefficient (Wildman–Crippen LogP) is 2.98. The molecule has 0 radical (unpaired) electrons. The van der Waals surface area contributed by atoms with Gasteiger partial charge in [-0.2, -0.15) is 0 Å². The second-order valence-electron chi connectivity index (χ2n) is 2.68. The van der Waals surface area contributed by atoms with Crippen molar-refractivity contribution in [1.82, 2.24) is 0 Å². The Morgan fingerprint density at radius 1 is 1.40 bits per heavy atom. The Morgan fingerprint density at radius 2 is 2.07 bits per heavy atom. The standard InChI is InChI=1S/C10H6Cl3NO/c1-2-7-4-3-5-8(6-7)14-9(15)10(11,12)13/h1,3-6H,(H,14,15). The van der Waals surface area contributed by atoms with E-state index in [-0.39, 0.29) is 0 Å². The van der Waals surface area contributed by atoms with Gasteiger partial charge in [-0.25, -0.2) is 0 Å². The van der Waals surface area contributed by atoms with Crippen LogP contribution in [0.4, 0.5) is 5.69 Å². The smallest absolute Gasteiger partial charge is 0.276 e. The van der Waals surface area contributed by atoms with Gasteiger partial charge in [0.2, 0.25) is 0 Å². The van der Waals surface area contributed by atoms with E-state index in [1.165, 1.54) is 0 Å². The van der Waals surface area contributed by atoms with Crippen molar-refractivity contribution in [3.63, 3.8) is 0 Å². The summed E-state index contributed by atoms with van der Waals surface area (Å²) in [5.74, 6) is 1.71. The van der Waals surface area contributed by atoms with Crippen LogP contribution in [0.25, 0.3) is 0 Å². The summed E-state index contributed by atoms with van der Waals surface area (Å²) in [6, 6.07) is 6.68. The lowest BCUT2D eigenvalue weighted by Crippen LogP contribution is -2.26. The molecule has 5 heteroatoms. The normalized spacial score (nSPS) is 10.5. The van der Waals surface area contributed by atoms with Gasteiger partial charge in [-0.15, -0.1) is 6.42 Å². The van der Waals surface area contributed by atoms with Crippen molar-refractivity contribution in [3.8, 4) is 12.3 Å². The zero-order valence-electron chi connectivity index (χ0n) is 7.43. The Kier molecular flexibility index (Phi) is 3.87. The highest BCUT2D eigenvalue weighted by molar-refractivity contribution is 6.76. The minimum Gasteiger partial charge on any atom is -0.322 e. The third-order valence-corrected chi connectivity index (χ3v) is 2.06. The van der Waals surface area contributed by atoms with Crippen LogP contribution in [0.15, 0.2) is 24.3 Å². The van der Waals surface area contributed by atoms with Gasteiger partial charge in [-0.05, 0) is 18.2 Å². The number of hydrogen-bond acceptors (Lipinski definition) is 1. The Morgan fingerprint density at radius 3 is 2.60 bits per heavy atom. The molecule has 1 aromatic rings. The van der Waals surface area contributed by atoms with Crippen molar-refractivity contribution in [1.29, 1.82) is 0 Å². The van der Waals surface area contributed by atoms with Crippen LogP contribution in [-0.2, 0) is 4.79 Å². The molecule has 0 spiro atoms. The second kappa shape index (κ2) is 4.76. The first-order valence-corrected chi connectivity index (χ1v) is 5.02. The van der Waals surface area contributed by atoms with Gasteiger partial charge in [0.25, 0.3) is 9.70 Å². The number of alkyl halides is 3. The van der Waals surface area contributed by atoms with E-state index in [0.29, 0.717) is 11.3 Å². The fourth-order valence-corrected chi connectivity index (χ4v) is 1.03. The van der Waals surface area contributed by atoms with E-state index in [1.807, 2.05) is 0 Å². The predicted molar refractivity (Wildman–Crippen MR) is 63.3 cm³/mol. The largest absolute Gasteiger partial charge is 0.322 e. The van der Waals surface area contributed by atoms with Crippen molar-refractivity contribution >= 4 is 46.4 Å². The molecular weight excluding hydrogens is 256 g/mol. The minimum absolute atomic E-state index is 0.488. The molecule has 15 heavy (non-hydrogen) atoms. The van der Waals surface area contributed by atoms with Crippen LogP contribution in [0, 0.1) is 12.3 Å². The highest BCUT2D eigenvalue weighted by atomic mass is 35.6. The van der Waals surface area contributed by atoms with E-state index in [1.54, 1.807) is 24.3 Å². The van der Waals surface area contributed by atoms with E-state index < -0.39 is 9.70 Å². The van der Waals surface area contributed by atoms with Gasteiger partial charge >= 0.3 is 0 Å². The van der Waals surface area contributed by atoms with Crippen LogP contribution in [0.2, 0.25) is 0 Å². The molecule has 0 atom stereocenters. The van der Waals surface area contributed by atoms with Gasteiger partial charge in [-0.3, -0.25) is 4.79 Å². The average molecular weight is 263 g/mol. The number of amides is 1. The third kappa shape index (κ3) is 3.64. The van der Waals surface area contributed by atoms with Crippen LogP contribution in [0.5, 0.6) is 0 Å². The van der Waals surface area contributed by atoms with E-state index in [0.717, 1.165) is 0 Å². The second-order valence-corrected chi connectivity index (χ2v) is 4.96. The lowest BCUT2D eigenvalue weighted by atomic mass is 10.2. The van der Waals surface area contributed by atoms with Crippen molar-refractivity contribution in [3.05, 3.63) is 29.8 Å². The Hall–Kier alpha value is -0.880.